The van der Waals surface area contributed by atoms with Gasteiger partial charge >= 0.3 is 0 Å². The molecule has 3 heterocycles. The van der Waals surface area contributed by atoms with Gasteiger partial charge in [-0.1, -0.05) is 25.1 Å². The molecule has 4 rings (SSSR count). The number of ketones is 1. The number of oxime groups is 1. The van der Waals surface area contributed by atoms with E-state index >= 15 is 0 Å². The molecule has 1 saturated heterocycles. The lowest BCUT2D eigenvalue weighted by atomic mass is 9.89. The number of benzene rings is 1. The second-order valence-corrected chi connectivity index (χ2v) is 8.51. The van der Waals surface area contributed by atoms with Crippen LogP contribution in [0.15, 0.2) is 23.4 Å². The predicted octanol–water partition coefficient (Wildman–Crippen LogP) is 2.96. The van der Waals surface area contributed by atoms with E-state index in [1.807, 2.05) is 18.2 Å². The molecule has 1 fully saturated rings. The molecule has 0 bridgehead atoms. The Labute approximate surface area is 171 Å². The van der Waals surface area contributed by atoms with E-state index in [-0.39, 0.29) is 24.4 Å². The third kappa shape index (κ3) is 4.54. The van der Waals surface area contributed by atoms with E-state index in [1.54, 1.807) is 4.90 Å². The number of Topliss-reactive ketones (excluding diaryl/α,β-unsaturated/α-hetero) is 1. The van der Waals surface area contributed by atoms with Gasteiger partial charge in [-0.2, -0.15) is 0 Å². The van der Waals surface area contributed by atoms with Gasteiger partial charge in [0.05, 0.1) is 5.71 Å². The summed E-state index contributed by atoms with van der Waals surface area (Å²) in [6, 6.07) is 5.80. The molecule has 7 nitrogen and oxygen atoms in total. The van der Waals surface area contributed by atoms with Crippen LogP contribution in [0.5, 0.6) is 11.5 Å². The van der Waals surface area contributed by atoms with Crippen molar-refractivity contribution < 1.29 is 23.9 Å². The quantitative estimate of drug-likeness (QED) is 0.734. The van der Waals surface area contributed by atoms with Crippen LogP contribution in [-0.4, -0.2) is 48.3 Å². The Hall–Kier alpha value is -2.57. The lowest BCUT2D eigenvalue weighted by molar-refractivity contribution is -0.145. The number of fused-ring (bicyclic) bond motifs is 1. The first-order valence-electron chi connectivity index (χ1n) is 10.4. The second kappa shape index (κ2) is 8.43. The molecule has 156 valence electrons. The molecule has 3 aliphatic heterocycles. The summed E-state index contributed by atoms with van der Waals surface area (Å²) < 4.78 is 10.7. The molecule has 0 spiro atoms. The molecule has 29 heavy (non-hydrogen) atoms. The molecule has 0 aliphatic carbocycles. The Bertz CT molecular complexity index is 819. The average Bonchev–Trinajstić information content (AvgIpc) is 3.36. The van der Waals surface area contributed by atoms with E-state index in [9.17, 15) is 9.59 Å². The number of hydrogen-bond acceptors (Lipinski definition) is 6. The highest BCUT2D eigenvalue weighted by Gasteiger charge is 2.35. The minimum atomic E-state index is -0.585. The number of carbonyl (C=O) groups excluding carboxylic acids is 2. The van der Waals surface area contributed by atoms with E-state index in [0.717, 1.165) is 35.6 Å². The fourth-order valence-corrected chi connectivity index (χ4v) is 4.16. The molecule has 1 amide bonds. The van der Waals surface area contributed by atoms with Crippen molar-refractivity contribution in [3.8, 4) is 11.5 Å². The van der Waals surface area contributed by atoms with Gasteiger partial charge in [-0.3, -0.25) is 9.59 Å². The number of rotatable bonds is 6. The van der Waals surface area contributed by atoms with E-state index in [4.69, 9.17) is 14.3 Å². The summed E-state index contributed by atoms with van der Waals surface area (Å²) in [7, 11) is 0. The van der Waals surface area contributed by atoms with Crippen molar-refractivity contribution >= 4 is 17.4 Å². The Morgan fingerprint density at radius 2 is 2.07 bits per heavy atom. The van der Waals surface area contributed by atoms with Gasteiger partial charge in [-0.05, 0) is 36.5 Å². The third-order valence-electron chi connectivity index (χ3n) is 5.65. The van der Waals surface area contributed by atoms with Crippen molar-refractivity contribution in [2.75, 3.05) is 19.9 Å². The number of likely N-dealkylation sites (tertiary alicyclic amines) is 1. The third-order valence-corrected chi connectivity index (χ3v) is 5.65. The van der Waals surface area contributed by atoms with Crippen LogP contribution in [0.1, 0.15) is 45.1 Å². The maximum Gasteiger partial charge on any atom is 0.266 e. The number of hydrogen-bond donors (Lipinski definition) is 0. The average molecular weight is 400 g/mol. The van der Waals surface area contributed by atoms with E-state index in [0.29, 0.717) is 38.3 Å². The van der Waals surface area contributed by atoms with Crippen molar-refractivity contribution in [2.45, 2.75) is 52.1 Å². The molecule has 0 radical (unpaired) electrons. The van der Waals surface area contributed by atoms with Gasteiger partial charge in [0.15, 0.2) is 11.5 Å². The molecular weight excluding hydrogens is 372 g/mol. The molecule has 3 aliphatic rings. The summed E-state index contributed by atoms with van der Waals surface area (Å²) in [6.45, 7) is 5.53. The summed E-state index contributed by atoms with van der Waals surface area (Å²) in [5, 5.41) is 4.15. The minimum Gasteiger partial charge on any atom is -0.454 e. The monoisotopic (exact) mass is 400 g/mol. The van der Waals surface area contributed by atoms with Crippen LogP contribution >= 0.6 is 0 Å². The zero-order valence-electron chi connectivity index (χ0n) is 17.1. The van der Waals surface area contributed by atoms with Crippen LogP contribution in [0.3, 0.4) is 0 Å². The molecule has 0 aromatic heterocycles. The van der Waals surface area contributed by atoms with Gasteiger partial charge in [-0.25, -0.2) is 0 Å². The minimum absolute atomic E-state index is 0.0504. The van der Waals surface area contributed by atoms with E-state index < -0.39 is 6.10 Å². The first kappa shape index (κ1) is 19.7. The standard InChI is InChI=1S/C22H28N2O5/c1-14(2)8-18(25)16-4-3-7-24(12-16)22(26)21-11-17(23-29-21)9-15-5-6-19-20(10-15)28-13-27-19/h5-6,10,14,16,21H,3-4,7-9,11-13H2,1-2H3. The molecule has 2 atom stereocenters. The summed E-state index contributed by atoms with van der Waals surface area (Å²) in [5.74, 6) is 1.99. The zero-order valence-corrected chi connectivity index (χ0v) is 17.1. The second-order valence-electron chi connectivity index (χ2n) is 8.51. The van der Waals surface area contributed by atoms with Gasteiger partial charge in [0.25, 0.3) is 5.91 Å². The molecule has 1 aromatic rings. The topological polar surface area (TPSA) is 77.4 Å². The first-order valence-corrected chi connectivity index (χ1v) is 10.4. The van der Waals surface area contributed by atoms with Crippen molar-refractivity contribution in [1.29, 1.82) is 0 Å². The van der Waals surface area contributed by atoms with Crippen LogP contribution in [0.2, 0.25) is 0 Å². The Balaban J connectivity index is 1.31. The highest BCUT2D eigenvalue weighted by Crippen LogP contribution is 2.33. The lowest BCUT2D eigenvalue weighted by Gasteiger charge is -2.33. The SMILES string of the molecule is CC(C)CC(=O)C1CCCN(C(=O)C2CC(Cc3ccc4c(c3)OCO4)=NO2)C1. The highest BCUT2D eigenvalue weighted by atomic mass is 16.7. The van der Waals surface area contributed by atoms with Crippen molar-refractivity contribution in [3.05, 3.63) is 23.8 Å². The number of ether oxygens (including phenoxy) is 2. The van der Waals surface area contributed by atoms with Gasteiger partial charge in [0, 0.05) is 38.3 Å². The zero-order chi connectivity index (χ0) is 20.4. The molecule has 2 unspecified atom stereocenters. The maximum atomic E-state index is 12.9. The van der Waals surface area contributed by atoms with Gasteiger partial charge in [-0.15, -0.1) is 0 Å². The number of piperidine rings is 1. The van der Waals surface area contributed by atoms with Crippen LogP contribution in [0, 0.1) is 11.8 Å². The van der Waals surface area contributed by atoms with Gasteiger partial charge < -0.3 is 19.2 Å². The number of nitrogens with zero attached hydrogens (tertiary/aromatic N) is 2. The molecule has 0 N–H and O–H groups in total. The summed E-state index contributed by atoms with van der Waals surface area (Å²) in [6.07, 6.45) is 2.81. The molecule has 1 aromatic carbocycles. The Morgan fingerprint density at radius 1 is 1.24 bits per heavy atom. The summed E-state index contributed by atoms with van der Waals surface area (Å²) in [5.41, 5.74) is 1.88. The van der Waals surface area contributed by atoms with Gasteiger partial charge in [0.1, 0.15) is 5.78 Å². The largest absolute Gasteiger partial charge is 0.454 e. The predicted molar refractivity (Wildman–Crippen MR) is 107 cm³/mol. The van der Waals surface area contributed by atoms with E-state index in [2.05, 4.69) is 19.0 Å². The van der Waals surface area contributed by atoms with Crippen LogP contribution in [-0.2, 0) is 20.8 Å². The lowest BCUT2D eigenvalue weighted by Crippen LogP contribution is -2.46. The normalized spacial score (nSPS) is 23.1. The first-order chi connectivity index (χ1) is 14.0. The molecular formula is C22H28N2O5. The van der Waals surface area contributed by atoms with Crippen LogP contribution in [0.4, 0.5) is 0 Å². The fraction of sp³-hybridized carbons (Fsp3) is 0.591. The van der Waals surface area contributed by atoms with Crippen LogP contribution in [0.25, 0.3) is 0 Å². The van der Waals surface area contributed by atoms with E-state index in [1.165, 1.54) is 0 Å². The molecule has 0 saturated carbocycles. The molecule has 7 heteroatoms. The van der Waals surface area contributed by atoms with Crippen molar-refractivity contribution in [1.82, 2.24) is 4.90 Å². The fourth-order valence-electron chi connectivity index (χ4n) is 4.16. The summed E-state index contributed by atoms with van der Waals surface area (Å²) in [4.78, 5) is 32.6. The van der Waals surface area contributed by atoms with Crippen molar-refractivity contribution in [3.63, 3.8) is 0 Å². The highest BCUT2D eigenvalue weighted by molar-refractivity contribution is 5.94. The van der Waals surface area contributed by atoms with Crippen LogP contribution < -0.4 is 9.47 Å². The number of carbonyl (C=O) groups is 2. The smallest absolute Gasteiger partial charge is 0.266 e. The summed E-state index contributed by atoms with van der Waals surface area (Å²) >= 11 is 0. The number of amides is 1. The van der Waals surface area contributed by atoms with Gasteiger partial charge in [0.2, 0.25) is 12.9 Å². The maximum absolute atomic E-state index is 12.9. The Kier molecular flexibility index (Phi) is 5.74. The van der Waals surface area contributed by atoms with Crippen molar-refractivity contribution in [2.24, 2.45) is 17.0 Å². The Morgan fingerprint density at radius 3 is 2.90 bits per heavy atom.